The summed E-state index contributed by atoms with van der Waals surface area (Å²) in [6.45, 7) is 1.73. The van der Waals surface area contributed by atoms with Gasteiger partial charge in [0.2, 0.25) is 5.75 Å². The number of ether oxygens (including phenoxy) is 1. The monoisotopic (exact) mass is 250 g/mol. The van der Waals surface area contributed by atoms with Crippen LogP contribution in [0.1, 0.15) is 12.8 Å². The van der Waals surface area contributed by atoms with Crippen LogP contribution >= 0.6 is 0 Å². The summed E-state index contributed by atoms with van der Waals surface area (Å²) in [5.74, 6) is 2.55. The second-order valence-corrected chi connectivity index (χ2v) is 5.09. The van der Waals surface area contributed by atoms with Crippen LogP contribution in [-0.4, -0.2) is 41.4 Å². The Balaban J connectivity index is 1.87. The summed E-state index contributed by atoms with van der Waals surface area (Å²) in [6, 6.07) is 0. The van der Waals surface area contributed by atoms with Gasteiger partial charge in [0.05, 0.1) is 13.2 Å². The zero-order valence-electron chi connectivity index (χ0n) is 10.4. The maximum Gasteiger partial charge on any atom is 0.204 e. The molecule has 2 fully saturated rings. The summed E-state index contributed by atoms with van der Waals surface area (Å²) in [4.78, 5) is 10.4. The number of hydrogen-bond donors (Lipinski definition) is 2. The van der Waals surface area contributed by atoms with Crippen molar-refractivity contribution in [1.29, 1.82) is 0 Å². The molecule has 3 N–H and O–H groups in total. The van der Waals surface area contributed by atoms with E-state index in [2.05, 4.69) is 14.9 Å². The van der Waals surface area contributed by atoms with Gasteiger partial charge in [-0.25, -0.2) is 9.97 Å². The summed E-state index contributed by atoms with van der Waals surface area (Å²) < 4.78 is 5.28. The summed E-state index contributed by atoms with van der Waals surface area (Å²) in [5, 5.41) is 9.93. The third kappa shape index (κ3) is 1.68. The van der Waals surface area contributed by atoms with E-state index in [0.717, 1.165) is 31.7 Å². The number of hydrogen-bond acceptors (Lipinski definition) is 6. The molecule has 3 rings (SSSR count). The average molecular weight is 250 g/mol. The SMILES string of the molecule is COc1c(N)ncnc1N1CC2CCC(O)C2C1. The molecule has 3 unspecified atom stereocenters. The van der Waals surface area contributed by atoms with Crippen LogP contribution in [0.25, 0.3) is 0 Å². The molecule has 1 aliphatic carbocycles. The molecule has 98 valence electrons. The minimum absolute atomic E-state index is 0.176. The molecule has 0 amide bonds. The molecule has 1 aliphatic heterocycles. The number of rotatable bonds is 2. The van der Waals surface area contributed by atoms with Gasteiger partial charge in [-0.3, -0.25) is 0 Å². The van der Waals surface area contributed by atoms with Crippen LogP contribution in [0.2, 0.25) is 0 Å². The van der Waals surface area contributed by atoms with E-state index in [1.807, 2.05) is 0 Å². The predicted molar refractivity (Wildman–Crippen MR) is 67.4 cm³/mol. The predicted octanol–water partition coefficient (Wildman–Crippen LogP) is 0.274. The van der Waals surface area contributed by atoms with Crippen LogP contribution in [0.15, 0.2) is 6.33 Å². The largest absolute Gasteiger partial charge is 0.490 e. The first kappa shape index (κ1) is 11.5. The molecule has 1 saturated carbocycles. The van der Waals surface area contributed by atoms with E-state index in [-0.39, 0.29) is 6.10 Å². The van der Waals surface area contributed by atoms with E-state index >= 15 is 0 Å². The number of anilines is 2. The summed E-state index contributed by atoms with van der Waals surface area (Å²) in [6.07, 6.45) is 3.29. The van der Waals surface area contributed by atoms with Crippen molar-refractivity contribution in [2.24, 2.45) is 11.8 Å². The van der Waals surface area contributed by atoms with Crippen molar-refractivity contribution in [2.75, 3.05) is 30.8 Å². The Labute approximate surface area is 106 Å². The average Bonchev–Trinajstić information content (AvgIpc) is 2.92. The van der Waals surface area contributed by atoms with Crippen molar-refractivity contribution < 1.29 is 9.84 Å². The van der Waals surface area contributed by atoms with Gasteiger partial charge < -0.3 is 20.5 Å². The standard InChI is InChI=1S/C12H18N4O2/c1-18-10-11(13)14-6-15-12(10)16-4-7-2-3-9(17)8(7)5-16/h6-9,17H,2-5H2,1H3,(H2,13,14,15). The van der Waals surface area contributed by atoms with Crippen molar-refractivity contribution in [1.82, 2.24) is 9.97 Å². The minimum Gasteiger partial charge on any atom is -0.490 e. The summed E-state index contributed by atoms with van der Waals surface area (Å²) in [5.41, 5.74) is 5.79. The van der Waals surface area contributed by atoms with Crippen molar-refractivity contribution in [3.63, 3.8) is 0 Å². The highest BCUT2D eigenvalue weighted by atomic mass is 16.5. The lowest BCUT2D eigenvalue weighted by Crippen LogP contribution is -2.25. The van der Waals surface area contributed by atoms with Crippen molar-refractivity contribution in [2.45, 2.75) is 18.9 Å². The van der Waals surface area contributed by atoms with E-state index in [4.69, 9.17) is 10.5 Å². The van der Waals surface area contributed by atoms with Gasteiger partial charge in [-0.2, -0.15) is 0 Å². The Kier molecular flexibility index (Phi) is 2.74. The zero-order valence-corrected chi connectivity index (χ0v) is 10.4. The Morgan fingerprint density at radius 3 is 2.94 bits per heavy atom. The fourth-order valence-electron chi connectivity index (χ4n) is 3.21. The molecule has 1 aromatic rings. The first-order valence-electron chi connectivity index (χ1n) is 6.28. The lowest BCUT2D eigenvalue weighted by molar-refractivity contribution is 0.133. The molecule has 18 heavy (non-hydrogen) atoms. The molecular weight excluding hydrogens is 232 g/mol. The molecule has 3 atom stereocenters. The molecule has 0 spiro atoms. The highest BCUT2D eigenvalue weighted by Crippen LogP contribution is 2.42. The van der Waals surface area contributed by atoms with Gasteiger partial charge in [0.15, 0.2) is 11.6 Å². The molecule has 2 aliphatic rings. The maximum absolute atomic E-state index is 9.93. The van der Waals surface area contributed by atoms with Crippen molar-refractivity contribution in [3.05, 3.63) is 6.33 Å². The van der Waals surface area contributed by atoms with Crippen LogP contribution in [0.3, 0.4) is 0 Å². The fourth-order valence-corrected chi connectivity index (χ4v) is 3.21. The van der Waals surface area contributed by atoms with E-state index in [1.165, 1.54) is 6.33 Å². The molecule has 2 heterocycles. The highest BCUT2D eigenvalue weighted by molar-refractivity contribution is 5.63. The van der Waals surface area contributed by atoms with Gasteiger partial charge in [-0.05, 0) is 18.8 Å². The van der Waals surface area contributed by atoms with Crippen LogP contribution in [0.4, 0.5) is 11.6 Å². The second kappa shape index (κ2) is 4.28. The van der Waals surface area contributed by atoms with Crippen LogP contribution in [0, 0.1) is 11.8 Å². The first-order valence-corrected chi connectivity index (χ1v) is 6.28. The zero-order chi connectivity index (χ0) is 12.7. The number of nitrogen functional groups attached to an aromatic ring is 1. The highest BCUT2D eigenvalue weighted by Gasteiger charge is 2.42. The molecule has 6 nitrogen and oxygen atoms in total. The van der Waals surface area contributed by atoms with Crippen LogP contribution in [-0.2, 0) is 0 Å². The van der Waals surface area contributed by atoms with E-state index in [0.29, 0.717) is 23.4 Å². The molecule has 0 aromatic carbocycles. The third-order valence-corrected chi connectivity index (χ3v) is 4.14. The number of aromatic nitrogens is 2. The lowest BCUT2D eigenvalue weighted by atomic mass is 10.00. The first-order chi connectivity index (χ1) is 8.70. The Morgan fingerprint density at radius 2 is 2.22 bits per heavy atom. The van der Waals surface area contributed by atoms with Gasteiger partial charge in [0, 0.05) is 19.0 Å². The van der Waals surface area contributed by atoms with Gasteiger partial charge in [0.25, 0.3) is 0 Å². The molecule has 1 saturated heterocycles. The van der Waals surface area contributed by atoms with E-state index < -0.39 is 0 Å². The van der Waals surface area contributed by atoms with Gasteiger partial charge >= 0.3 is 0 Å². The van der Waals surface area contributed by atoms with Crippen LogP contribution in [0.5, 0.6) is 5.75 Å². The van der Waals surface area contributed by atoms with E-state index in [9.17, 15) is 5.11 Å². The van der Waals surface area contributed by atoms with Gasteiger partial charge in [0.1, 0.15) is 6.33 Å². The number of nitrogens with zero attached hydrogens (tertiary/aromatic N) is 3. The van der Waals surface area contributed by atoms with Gasteiger partial charge in [-0.1, -0.05) is 0 Å². The molecule has 1 aromatic heterocycles. The summed E-state index contributed by atoms with van der Waals surface area (Å²) in [7, 11) is 1.57. The summed E-state index contributed by atoms with van der Waals surface area (Å²) >= 11 is 0. The number of fused-ring (bicyclic) bond motifs is 1. The number of methoxy groups -OCH3 is 1. The quantitative estimate of drug-likeness (QED) is 0.784. The van der Waals surface area contributed by atoms with Crippen LogP contribution < -0.4 is 15.4 Å². The molecule has 0 bridgehead atoms. The number of aliphatic hydroxyl groups is 1. The number of nitrogens with two attached hydrogens (primary N) is 1. The topological polar surface area (TPSA) is 84.5 Å². The van der Waals surface area contributed by atoms with Crippen molar-refractivity contribution >= 4 is 11.6 Å². The third-order valence-electron chi connectivity index (χ3n) is 4.14. The maximum atomic E-state index is 9.93. The molecule has 0 radical (unpaired) electrons. The van der Waals surface area contributed by atoms with E-state index in [1.54, 1.807) is 7.11 Å². The lowest BCUT2D eigenvalue weighted by Gasteiger charge is -2.21. The van der Waals surface area contributed by atoms with Crippen molar-refractivity contribution in [3.8, 4) is 5.75 Å². The second-order valence-electron chi connectivity index (χ2n) is 5.09. The number of aliphatic hydroxyl groups excluding tert-OH is 1. The fraction of sp³-hybridized carbons (Fsp3) is 0.667. The normalized spacial score (nSPS) is 30.6. The smallest absolute Gasteiger partial charge is 0.204 e. The Hall–Kier alpha value is -1.56. The minimum atomic E-state index is -0.176. The van der Waals surface area contributed by atoms with Gasteiger partial charge in [-0.15, -0.1) is 0 Å². The molecular formula is C12H18N4O2. The Bertz CT molecular complexity index is 454. The Morgan fingerprint density at radius 1 is 1.39 bits per heavy atom. The molecule has 6 heteroatoms.